The Morgan fingerprint density at radius 2 is 1.79 bits per heavy atom. The standard InChI is InChI=1S/C21H17N3O3S/c1-14-11-19(25)24-21(22-14)28-18(23-24)13-27-20(26)12-15-7-9-17(10-8-15)16-5-3-2-4-6-16/h2-11H,12-13H2,1H3. The van der Waals surface area contributed by atoms with Crippen molar-refractivity contribution in [1.82, 2.24) is 14.6 Å². The number of aryl methyl sites for hydroxylation is 1. The number of hydrogen-bond acceptors (Lipinski definition) is 6. The Balaban J connectivity index is 1.38. The van der Waals surface area contributed by atoms with E-state index in [0.29, 0.717) is 15.7 Å². The van der Waals surface area contributed by atoms with Gasteiger partial charge in [0.2, 0.25) is 4.96 Å². The van der Waals surface area contributed by atoms with Crippen molar-refractivity contribution in [3.8, 4) is 11.1 Å². The minimum absolute atomic E-state index is 0.0213. The SMILES string of the molecule is Cc1cc(=O)n2nc(COC(=O)Cc3ccc(-c4ccccc4)cc3)sc2n1. The van der Waals surface area contributed by atoms with E-state index >= 15 is 0 Å². The molecule has 0 atom stereocenters. The van der Waals surface area contributed by atoms with Crippen LogP contribution in [0.1, 0.15) is 16.3 Å². The van der Waals surface area contributed by atoms with Gasteiger partial charge in [0, 0.05) is 11.8 Å². The predicted octanol–water partition coefficient (Wildman–Crippen LogP) is 3.41. The van der Waals surface area contributed by atoms with Gasteiger partial charge < -0.3 is 4.74 Å². The van der Waals surface area contributed by atoms with Gasteiger partial charge in [-0.3, -0.25) is 9.59 Å². The molecule has 0 radical (unpaired) electrons. The fourth-order valence-electron chi connectivity index (χ4n) is 2.82. The number of hydrogen-bond donors (Lipinski definition) is 0. The summed E-state index contributed by atoms with van der Waals surface area (Å²) in [4.78, 5) is 28.8. The van der Waals surface area contributed by atoms with E-state index in [1.807, 2.05) is 54.6 Å². The number of aromatic nitrogens is 3. The van der Waals surface area contributed by atoms with Gasteiger partial charge in [0.25, 0.3) is 5.56 Å². The Bertz CT molecular complexity index is 1180. The first-order valence-electron chi connectivity index (χ1n) is 8.75. The van der Waals surface area contributed by atoms with Crippen molar-refractivity contribution in [2.75, 3.05) is 0 Å². The average Bonchev–Trinajstić information content (AvgIpc) is 3.11. The van der Waals surface area contributed by atoms with E-state index in [4.69, 9.17) is 4.74 Å². The molecule has 0 amide bonds. The highest BCUT2D eigenvalue weighted by Gasteiger charge is 2.11. The largest absolute Gasteiger partial charge is 0.458 e. The molecule has 0 saturated carbocycles. The molecule has 2 heterocycles. The number of rotatable bonds is 5. The lowest BCUT2D eigenvalue weighted by Gasteiger charge is -2.05. The second-order valence-corrected chi connectivity index (χ2v) is 7.37. The maximum Gasteiger partial charge on any atom is 0.310 e. The molecule has 0 bridgehead atoms. The molecule has 0 aliphatic carbocycles. The monoisotopic (exact) mass is 391 g/mol. The summed E-state index contributed by atoms with van der Waals surface area (Å²) in [6, 6.07) is 19.3. The quantitative estimate of drug-likeness (QED) is 0.488. The first-order valence-corrected chi connectivity index (χ1v) is 9.56. The Hall–Kier alpha value is -3.32. The third kappa shape index (κ3) is 3.99. The molecule has 4 rings (SSSR count). The summed E-state index contributed by atoms with van der Waals surface area (Å²) < 4.78 is 6.54. The molecule has 0 unspecified atom stereocenters. The fraction of sp³-hybridized carbons (Fsp3) is 0.143. The van der Waals surface area contributed by atoms with Crippen LogP contribution in [-0.2, 0) is 22.6 Å². The van der Waals surface area contributed by atoms with Crippen molar-refractivity contribution in [2.45, 2.75) is 20.0 Å². The highest BCUT2D eigenvalue weighted by Crippen LogP contribution is 2.19. The van der Waals surface area contributed by atoms with Crippen LogP contribution in [0.2, 0.25) is 0 Å². The Labute approximate surface area is 165 Å². The maximum absolute atomic E-state index is 12.1. The summed E-state index contributed by atoms with van der Waals surface area (Å²) in [7, 11) is 0. The number of carbonyl (C=O) groups excluding carboxylic acids is 1. The van der Waals surface area contributed by atoms with Crippen molar-refractivity contribution in [2.24, 2.45) is 0 Å². The number of carbonyl (C=O) groups is 1. The smallest absolute Gasteiger partial charge is 0.310 e. The molecular weight excluding hydrogens is 374 g/mol. The second-order valence-electron chi connectivity index (χ2n) is 6.33. The molecule has 28 heavy (non-hydrogen) atoms. The summed E-state index contributed by atoms with van der Waals surface area (Å²) in [5, 5.41) is 4.69. The van der Waals surface area contributed by atoms with Crippen LogP contribution in [-0.4, -0.2) is 20.6 Å². The minimum atomic E-state index is -0.344. The van der Waals surface area contributed by atoms with Crippen LogP contribution in [0.4, 0.5) is 0 Å². The second kappa shape index (κ2) is 7.74. The van der Waals surface area contributed by atoms with Crippen molar-refractivity contribution in [1.29, 1.82) is 0 Å². The van der Waals surface area contributed by atoms with Gasteiger partial charge >= 0.3 is 5.97 Å². The lowest BCUT2D eigenvalue weighted by Crippen LogP contribution is -2.14. The van der Waals surface area contributed by atoms with Gasteiger partial charge in [-0.15, -0.1) is 0 Å². The van der Waals surface area contributed by atoms with Crippen LogP contribution in [0.5, 0.6) is 0 Å². The summed E-state index contributed by atoms with van der Waals surface area (Å²) in [5.74, 6) is -0.344. The molecule has 2 aromatic heterocycles. The zero-order chi connectivity index (χ0) is 19.5. The lowest BCUT2D eigenvalue weighted by molar-refractivity contribution is -0.144. The molecule has 140 valence electrons. The summed E-state index contributed by atoms with van der Waals surface area (Å²) >= 11 is 1.24. The number of fused-ring (bicyclic) bond motifs is 1. The van der Waals surface area contributed by atoms with Crippen LogP contribution in [0.15, 0.2) is 65.5 Å². The molecule has 0 spiro atoms. The van der Waals surface area contributed by atoms with Crippen LogP contribution < -0.4 is 5.56 Å². The van der Waals surface area contributed by atoms with Crippen molar-refractivity contribution < 1.29 is 9.53 Å². The van der Waals surface area contributed by atoms with Crippen molar-refractivity contribution >= 4 is 22.3 Å². The zero-order valence-electron chi connectivity index (χ0n) is 15.2. The Morgan fingerprint density at radius 1 is 1.07 bits per heavy atom. The maximum atomic E-state index is 12.1. The van der Waals surface area contributed by atoms with Gasteiger partial charge in [-0.25, -0.2) is 4.98 Å². The number of esters is 1. The first kappa shape index (κ1) is 18.1. The Morgan fingerprint density at radius 3 is 2.54 bits per heavy atom. The van der Waals surface area contributed by atoms with Gasteiger partial charge in [-0.2, -0.15) is 9.61 Å². The number of nitrogens with zero attached hydrogens (tertiary/aromatic N) is 3. The molecule has 4 aromatic rings. The van der Waals surface area contributed by atoms with E-state index < -0.39 is 0 Å². The van der Waals surface area contributed by atoms with Gasteiger partial charge in [0.1, 0.15) is 6.61 Å². The topological polar surface area (TPSA) is 73.6 Å². The van der Waals surface area contributed by atoms with Crippen LogP contribution in [0.3, 0.4) is 0 Å². The minimum Gasteiger partial charge on any atom is -0.458 e. The lowest BCUT2D eigenvalue weighted by atomic mass is 10.0. The van der Waals surface area contributed by atoms with Crippen LogP contribution in [0, 0.1) is 6.92 Å². The molecule has 0 saturated heterocycles. The number of benzene rings is 2. The van der Waals surface area contributed by atoms with Crippen LogP contribution in [0.25, 0.3) is 16.1 Å². The van der Waals surface area contributed by atoms with Gasteiger partial charge in [-0.1, -0.05) is 65.9 Å². The van der Waals surface area contributed by atoms with Crippen molar-refractivity contribution in [3.05, 3.63) is 87.3 Å². The molecule has 6 nitrogen and oxygen atoms in total. The number of ether oxygens (including phenoxy) is 1. The van der Waals surface area contributed by atoms with Crippen LogP contribution >= 0.6 is 11.3 Å². The first-order chi connectivity index (χ1) is 13.6. The van der Waals surface area contributed by atoms with E-state index in [9.17, 15) is 9.59 Å². The molecule has 0 aliphatic heterocycles. The predicted molar refractivity (Wildman–Crippen MR) is 107 cm³/mol. The van der Waals surface area contributed by atoms with E-state index in [0.717, 1.165) is 16.7 Å². The Kier molecular flexibility index (Phi) is 4.99. The van der Waals surface area contributed by atoms with Gasteiger partial charge in [0.05, 0.1) is 6.42 Å². The normalized spacial score (nSPS) is 10.9. The van der Waals surface area contributed by atoms with Gasteiger partial charge in [0.15, 0.2) is 5.01 Å². The highest BCUT2D eigenvalue weighted by atomic mass is 32.1. The highest BCUT2D eigenvalue weighted by molar-refractivity contribution is 7.16. The molecule has 0 aliphatic rings. The average molecular weight is 391 g/mol. The molecule has 0 fully saturated rings. The zero-order valence-corrected chi connectivity index (χ0v) is 16.0. The molecular formula is C21H17N3O3S. The van der Waals surface area contributed by atoms with Crippen molar-refractivity contribution in [3.63, 3.8) is 0 Å². The fourth-order valence-corrected chi connectivity index (χ4v) is 3.68. The molecule has 7 heteroatoms. The summed E-state index contributed by atoms with van der Waals surface area (Å²) in [6.45, 7) is 1.78. The summed E-state index contributed by atoms with van der Waals surface area (Å²) in [5.41, 5.74) is 3.50. The third-order valence-corrected chi connectivity index (χ3v) is 5.06. The van der Waals surface area contributed by atoms with E-state index in [-0.39, 0.29) is 24.6 Å². The summed E-state index contributed by atoms with van der Waals surface area (Å²) in [6.07, 6.45) is 0.178. The molecule has 0 N–H and O–H groups in total. The van der Waals surface area contributed by atoms with E-state index in [1.54, 1.807) is 6.92 Å². The van der Waals surface area contributed by atoms with E-state index in [2.05, 4.69) is 10.1 Å². The third-order valence-electron chi connectivity index (χ3n) is 4.18. The molecule has 2 aromatic carbocycles. The van der Waals surface area contributed by atoms with Gasteiger partial charge in [-0.05, 0) is 23.6 Å². The van der Waals surface area contributed by atoms with E-state index in [1.165, 1.54) is 21.9 Å².